The molecule has 0 spiro atoms. The molecule has 4 nitrogen and oxygen atoms in total. The van der Waals surface area contributed by atoms with Crippen LogP contribution in [0.4, 0.5) is 0 Å². The molecule has 16 heavy (non-hydrogen) atoms. The fourth-order valence-corrected chi connectivity index (χ4v) is 0.900. The Morgan fingerprint density at radius 1 is 1.31 bits per heavy atom. The Balaban J connectivity index is 0.000000281. The van der Waals surface area contributed by atoms with Crippen LogP contribution < -0.4 is 0 Å². The van der Waals surface area contributed by atoms with Gasteiger partial charge in [0.15, 0.2) is 0 Å². The standard InChI is InChI=1S/C6H8O2.C6H12O2/c1-5(7)8-6-3-2-4-6;1-3-4-5-8-6(2)7/h3H,2,4H2,1H3;3-5H2,1-2H3. The molecule has 1 rings (SSSR count). The first kappa shape index (κ1) is 14.7. The van der Waals surface area contributed by atoms with Crippen LogP contribution in [0.5, 0.6) is 0 Å². The third kappa shape index (κ3) is 9.24. The summed E-state index contributed by atoms with van der Waals surface area (Å²) in [6.07, 6.45) is 5.95. The van der Waals surface area contributed by atoms with E-state index in [0.29, 0.717) is 6.61 Å². The molecule has 0 saturated heterocycles. The van der Waals surface area contributed by atoms with Crippen molar-refractivity contribution in [1.82, 2.24) is 0 Å². The normalized spacial score (nSPS) is 12.6. The van der Waals surface area contributed by atoms with Gasteiger partial charge in [-0.05, 0) is 18.9 Å². The molecule has 0 amide bonds. The molecular formula is C12H20O4. The van der Waals surface area contributed by atoms with Gasteiger partial charge < -0.3 is 9.47 Å². The summed E-state index contributed by atoms with van der Waals surface area (Å²) in [7, 11) is 0. The lowest BCUT2D eigenvalue weighted by atomic mass is 10.1. The Bertz CT molecular complexity index is 256. The fraction of sp³-hybridized carbons (Fsp3) is 0.667. The molecule has 0 saturated carbocycles. The number of rotatable bonds is 4. The van der Waals surface area contributed by atoms with Crippen molar-refractivity contribution >= 4 is 11.9 Å². The van der Waals surface area contributed by atoms with Crippen LogP contribution in [-0.4, -0.2) is 18.5 Å². The SMILES string of the molecule is CC(=O)OC1=CCC1.CCCCOC(C)=O. The fourth-order valence-electron chi connectivity index (χ4n) is 0.900. The number of esters is 2. The molecule has 1 aliphatic carbocycles. The summed E-state index contributed by atoms with van der Waals surface area (Å²) < 4.78 is 9.35. The molecule has 0 aromatic carbocycles. The van der Waals surface area contributed by atoms with Gasteiger partial charge in [0.2, 0.25) is 0 Å². The molecule has 4 heteroatoms. The van der Waals surface area contributed by atoms with Gasteiger partial charge in [0.25, 0.3) is 0 Å². The first-order valence-electron chi connectivity index (χ1n) is 5.57. The van der Waals surface area contributed by atoms with Crippen LogP contribution in [0.2, 0.25) is 0 Å². The molecule has 0 fully saturated rings. The van der Waals surface area contributed by atoms with Crippen LogP contribution in [-0.2, 0) is 19.1 Å². The van der Waals surface area contributed by atoms with Crippen molar-refractivity contribution in [1.29, 1.82) is 0 Å². The predicted molar refractivity (Wildman–Crippen MR) is 60.6 cm³/mol. The van der Waals surface area contributed by atoms with Crippen molar-refractivity contribution in [3.63, 3.8) is 0 Å². The topological polar surface area (TPSA) is 52.6 Å². The molecule has 0 aromatic heterocycles. The minimum atomic E-state index is -0.212. The van der Waals surface area contributed by atoms with Gasteiger partial charge in [0.05, 0.1) is 6.61 Å². The molecule has 92 valence electrons. The highest BCUT2D eigenvalue weighted by atomic mass is 16.5. The van der Waals surface area contributed by atoms with Crippen LogP contribution in [0.3, 0.4) is 0 Å². The number of carbonyl (C=O) groups is 2. The third-order valence-electron chi connectivity index (χ3n) is 1.84. The summed E-state index contributed by atoms with van der Waals surface area (Å²) in [4.78, 5) is 20.3. The van der Waals surface area contributed by atoms with E-state index in [2.05, 4.69) is 11.7 Å². The zero-order chi connectivity index (χ0) is 12.4. The van der Waals surface area contributed by atoms with Crippen LogP contribution in [0.25, 0.3) is 0 Å². The van der Waals surface area contributed by atoms with Crippen LogP contribution in [0.15, 0.2) is 11.8 Å². The van der Waals surface area contributed by atoms with Gasteiger partial charge in [-0.1, -0.05) is 13.3 Å². The van der Waals surface area contributed by atoms with Gasteiger partial charge in [-0.25, -0.2) is 0 Å². The molecule has 0 heterocycles. The van der Waals surface area contributed by atoms with Crippen LogP contribution in [0, 0.1) is 0 Å². The quantitative estimate of drug-likeness (QED) is 0.548. The summed E-state index contributed by atoms with van der Waals surface area (Å²) in [5, 5.41) is 0. The van der Waals surface area contributed by atoms with Crippen LogP contribution >= 0.6 is 0 Å². The monoisotopic (exact) mass is 228 g/mol. The second kappa shape index (κ2) is 8.95. The summed E-state index contributed by atoms with van der Waals surface area (Å²) in [6.45, 7) is 5.48. The molecule has 0 N–H and O–H groups in total. The van der Waals surface area contributed by atoms with E-state index in [1.54, 1.807) is 0 Å². The van der Waals surface area contributed by atoms with Gasteiger partial charge in [-0.3, -0.25) is 9.59 Å². The summed E-state index contributed by atoms with van der Waals surface area (Å²) in [6, 6.07) is 0. The van der Waals surface area contributed by atoms with E-state index in [1.165, 1.54) is 13.8 Å². The van der Waals surface area contributed by atoms with Crippen molar-refractivity contribution in [3.05, 3.63) is 11.8 Å². The average Bonchev–Trinajstić information content (AvgIpc) is 2.12. The molecular weight excluding hydrogens is 208 g/mol. The molecule has 0 aromatic rings. The molecule has 0 bridgehead atoms. The van der Waals surface area contributed by atoms with Gasteiger partial charge >= 0.3 is 11.9 Å². The lowest BCUT2D eigenvalue weighted by Gasteiger charge is -2.11. The number of allylic oxidation sites excluding steroid dienone is 2. The molecule has 0 unspecified atom stereocenters. The summed E-state index contributed by atoms with van der Waals surface area (Å²) in [5.41, 5.74) is 0. The average molecular weight is 228 g/mol. The zero-order valence-electron chi connectivity index (χ0n) is 10.2. The molecule has 0 aliphatic heterocycles. The smallest absolute Gasteiger partial charge is 0.307 e. The van der Waals surface area contributed by atoms with Crippen molar-refractivity contribution < 1.29 is 19.1 Å². The van der Waals surface area contributed by atoms with Crippen molar-refractivity contribution in [2.75, 3.05) is 6.61 Å². The summed E-state index contributed by atoms with van der Waals surface area (Å²) in [5.74, 6) is 0.437. The largest absolute Gasteiger partial charge is 0.466 e. The van der Waals surface area contributed by atoms with E-state index in [0.717, 1.165) is 31.4 Å². The Labute approximate surface area is 96.6 Å². The second-order valence-corrected chi connectivity index (χ2v) is 3.50. The van der Waals surface area contributed by atoms with Crippen molar-refractivity contribution in [3.8, 4) is 0 Å². The maximum absolute atomic E-state index is 10.2. The van der Waals surface area contributed by atoms with Gasteiger partial charge in [-0.2, -0.15) is 0 Å². The van der Waals surface area contributed by atoms with Crippen molar-refractivity contribution in [2.45, 2.75) is 46.5 Å². The number of hydrogen-bond acceptors (Lipinski definition) is 4. The van der Waals surface area contributed by atoms with Gasteiger partial charge in [0, 0.05) is 20.3 Å². The highest BCUT2D eigenvalue weighted by Gasteiger charge is 2.07. The van der Waals surface area contributed by atoms with E-state index in [4.69, 9.17) is 4.74 Å². The van der Waals surface area contributed by atoms with Gasteiger partial charge in [0.1, 0.15) is 5.76 Å². The molecule has 1 aliphatic rings. The predicted octanol–water partition coefficient (Wildman–Crippen LogP) is 2.58. The van der Waals surface area contributed by atoms with E-state index in [9.17, 15) is 9.59 Å². The Kier molecular flexibility index (Phi) is 8.21. The van der Waals surface area contributed by atoms with E-state index < -0.39 is 0 Å². The van der Waals surface area contributed by atoms with Crippen molar-refractivity contribution in [2.24, 2.45) is 0 Å². The van der Waals surface area contributed by atoms with E-state index in [-0.39, 0.29) is 11.9 Å². The minimum Gasteiger partial charge on any atom is -0.466 e. The van der Waals surface area contributed by atoms with Crippen LogP contribution in [0.1, 0.15) is 46.5 Å². The Morgan fingerprint density at radius 2 is 1.94 bits per heavy atom. The minimum absolute atomic E-state index is 0.182. The van der Waals surface area contributed by atoms with E-state index in [1.807, 2.05) is 6.08 Å². The maximum atomic E-state index is 10.2. The highest BCUT2D eigenvalue weighted by Crippen LogP contribution is 2.18. The zero-order valence-corrected chi connectivity index (χ0v) is 10.2. The van der Waals surface area contributed by atoms with Gasteiger partial charge in [-0.15, -0.1) is 0 Å². The Hall–Kier alpha value is -1.32. The number of unbranched alkanes of at least 4 members (excludes halogenated alkanes) is 1. The lowest BCUT2D eigenvalue weighted by molar-refractivity contribution is -0.141. The number of hydrogen-bond donors (Lipinski definition) is 0. The first-order chi connectivity index (χ1) is 7.56. The Morgan fingerprint density at radius 3 is 2.19 bits per heavy atom. The lowest BCUT2D eigenvalue weighted by Crippen LogP contribution is -2.03. The first-order valence-corrected chi connectivity index (χ1v) is 5.57. The number of carbonyl (C=O) groups excluding carboxylic acids is 2. The number of ether oxygens (including phenoxy) is 2. The second-order valence-electron chi connectivity index (χ2n) is 3.50. The molecule has 0 radical (unpaired) electrons. The third-order valence-corrected chi connectivity index (χ3v) is 1.84. The highest BCUT2D eigenvalue weighted by molar-refractivity contribution is 5.67. The van der Waals surface area contributed by atoms with E-state index >= 15 is 0 Å². The molecule has 0 atom stereocenters. The summed E-state index contributed by atoms with van der Waals surface area (Å²) >= 11 is 0. The maximum Gasteiger partial charge on any atom is 0.307 e.